The van der Waals surface area contributed by atoms with Crippen molar-refractivity contribution in [3.63, 3.8) is 0 Å². The molecular weight excluding hydrogens is 246 g/mol. The van der Waals surface area contributed by atoms with Crippen LogP contribution in [-0.2, 0) is 4.79 Å². The van der Waals surface area contributed by atoms with Gasteiger partial charge in [-0.25, -0.2) is 0 Å². The van der Waals surface area contributed by atoms with E-state index >= 15 is 0 Å². The van der Waals surface area contributed by atoms with E-state index in [1.54, 1.807) is 0 Å². The average Bonchev–Trinajstić information content (AvgIpc) is 2.43. The van der Waals surface area contributed by atoms with Gasteiger partial charge in [0, 0.05) is 6.42 Å². The average molecular weight is 277 g/mol. The third kappa shape index (κ3) is 16.7. The molecule has 0 bridgehead atoms. The molecule has 0 aromatic rings. The fourth-order valence-electron chi connectivity index (χ4n) is 1.91. The predicted octanol–water partition coefficient (Wildman–Crippen LogP) is 5.06. The lowest BCUT2D eigenvalue weighted by molar-refractivity contribution is -0.118. The molecule has 0 spiro atoms. The second kappa shape index (κ2) is 15.7. The van der Waals surface area contributed by atoms with Crippen molar-refractivity contribution in [3.05, 3.63) is 36.5 Å². The molecule has 2 N–H and O–H groups in total. The Morgan fingerprint density at radius 3 is 1.90 bits per heavy atom. The molecule has 20 heavy (non-hydrogen) atoms. The zero-order valence-electron chi connectivity index (χ0n) is 13.0. The number of amides is 1. The Balaban J connectivity index is 3.32. The van der Waals surface area contributed by atoms with Gasteiger partial charge in [-0.05, 0) is 32.1 Å². The van der Waals surface area contributed by atoms with Crippen LogP contribution < -0.4 is 5.73 Å². The summed E-state index contributed by atoms with van der Waals surface area (Å²) in [6.07, 6.45) is 24.0. The van der Waals surface area contributed by atoms with Crippen LogP contribution in [0, 0.1) is 0 Å². The van der Waals surface area contributed by atoms with Gasteiger partial charge in [0.15, 0.2) is 0 Å². The lowest BCUT2D eigenvalue weighted by Crippen LogP contribution is -2.09. The van der Waals surface area contributed by atoms with Gasteiger partial charge in [-0.2, -0.15) is 0 Å². The van der Waals surface area contributed by atoms with Crippen LogP contribution >= 0.6 is 0 Å². The lowest BCUT2D eigenvalue weighted by atomic mass is 10.1. The van der Waals surface area contributed by atoms with E-state index < -0.39 is 0 Å². The highest BCUT2D eigenvalue weighted by Gasteiger charge is 1.93. The molecule has 0 aromatic carbocycles. The van der Waals surface area contributed by atoms with Crippen molar-refractivity contribution in [2.24, 2.45) is 5.73 Å². The van der Waals surface area contributed by atoms with Crippen LogP contribution in [0.25, 0.3) is 0 Å². The van der Waals surface area contributed by atoms with Crippen molar-refractivity contribution in [2.45, 2.75) is 71.1 Å². The molecule has 0 rings (SSSR count). The normalized spacial score (nSPS) is 12.1. The molecule has 0 atom stereocenters. The minimum absolute atomic E-state index is 0.183. The van der Waals surface area contributed by atoms with E-state index in [1.807, 2.05) is 0 Å². The summed E-state index contributed by atoms with van der Waals surface area (Å²) in [6.45, 7) is 2.23. The van der Waals surface area contributed by atoms with Crippen molar-refractivity contribution in [2.75, 3.05) is 0 Å². The van der Waals surface area contributed by atoms with Crippen LogP contribution in [0.4, 0.5) is 0 Å². The molecule has 2 heteroatoms. The van der Waals surface area contributed by atoms with Crippen LogP contribution in [0.3, 0.4) is 0 Å². The van der Waals surface area contributed by atoms with E-state index in [0.29, 0.717) is 6.42 Å². The second-order valence-corrected chi connectivity index (χ2v) is 5.16. The molecule has 1 amide bonds. The maximum absolute atomic E-state index is 10.5. The molecule has 0 saturated carbocycles. The smallest absolute Gasteiger partial charge is 0.217 e. The first-order valence-corrected chi connectivity index (χ1v) is 8.04. The first-order chi connectivity index (χ1) is 9.77. The maximum Gasteiger partial charge on any atom is 0.217 e. The van der Waals surface area contributed by atoms with Crippen LogP contribution in [0.5, 0.6) is 0 Å². The Labute approximate surface area is 124 Å². The number of unbranched alkanes of at least 4 members (excludes halogenated alkanes) is 7. The molecule has 114 valence electrons. The summed E-state index contributed by atoms with van der Waals surface area (Å²) < 4.78 is 0. The molecule has 0 radical (unpaired) electrons. The van der Waals surface area contributed by atoms with Crippen molar-refractivity contribution in [1.29, 1.82) is 0 Å². The number of hydrogen-bond donors (Lipinski definition) is 1. The summed E-state index contributed by atoms with van der Waals surface area (Å²) in [5.74, 6) is -0.183. The predicted molar refractivity (Wildman–Crippen MR) is 88.5 cm³/mol. The minimum Gasteiger partial charge on any atom is -0.370 e. The number of carbonyl (C=O) groups is 1. The lowest BCUT2D eigenvalue weighted by Gasteiger charge is -1.96. The Bertz CT molecular complexity index is 303. The minimum atomic E-state index is -0.183. The summed E-state index contributed by atoms with van der Waals surface area (Å²) >= 11 is 0. The Kier molecular flexibility index (Phi) is 14.7. The van der Waals surface area contributed by atoms with E-state index in [9.17, 15) is 4.79 Å². The van der Waals surface area contributed by atoms with E-state index in [4.69, 9.17) is 5.73 Å². The summed E-state index contributed by atoms with van der Waals surface area (Å²) in [6, 6.07) is 0. The fraction of sp³-hybridized carbons (Fsp3) is 0.611. The molecule has 0 aliphatic heterocycles. The molecule has 0 aliphatic carbocycles. The second-order valence-electron chi connectivity index (χ2n) is 5.16. The highest BCUT2D eigenvalue weighted by molar-refractivity contribution is 5.73. The van der Waals surface area contributed by atoms with Gasteiger partial charge >= 0.3 is 0 Å². The fourth-order valence-corrected chi connectivity index (χ4v) is 1.91. The van der Waals surface area contributed by atoms with Crippen LogP contribution in [0.15, 0.2) is 36.5 Å². The molecule has 0 aliphatic rings. The van der Waals surface area contributed by atoms with Gasteiger partial charge in [-0.1, -0.05) is 69.1 Å². The third-order valence-electron chi connectivity index (χ3n) is 3.12. The SMILES string of the molecule is CCCCC\C=C/C=C/C=C/CCCCCCC(N)=O. The van der Waals surface area contributed by atoms with Crippen molar-refractivity contribution in [3.8, 4) is 0 Å². The molecular formula is C18H31NO. The molecule has 0 fully saturated rings. The molecule has 0 unspecified atom stereocenters. The van der Waals surface area contributed by atoms with Crippen LogP contribution in [0.1, 0.15) is 71.1 Å². The highest BCUT2D eigenvalue weighted by Crippen LogP contribution is 2.05. The van der Waals surface area contributed by atoms with Crippen LogP contribution in [0.2, 0.25) is 0 Å². The first-order valence-electron chi connectivity index (χ1n) is 8.04. The van der Waals surface area contributed by atoms with Crippen LogP contribution in [-0.4, -0.2) is 5.91 Å². The van der Waals surface area contributed by atoms with E-state index in [2.05, 4.69) is 43.4 Å². The maximum atomic E-state index is 10.5. The number of allylic oxidation sites excluding steroid dienone is 6. The van der Waals surface area contributed by atoms with Gasteiger partial charge in [0.1, 0.15) is 0 Å². The highest BCUT2D eigenvalue weighted by atomic mass is 16.1. The number of rotatable bonds is 13. The Morgan fingerprint density at radius 1 is 0.800 bits per heavy atom. The number of nitrogens with two attached hydrogens (primary N) is 1. The standard InChI is InChI=1S/C18H31NO/c1-2-3-4-5-6-7-8-9-10-11-12-13-14-15-16-17-18(19)20/h6-11H,2-5,12-17H2,1H3,(H2,19,20)/b7-6-,9-8+,11-10+. The summed E-state index contributed by atoms with van der Waals surface area (Å²) in [4.78, 5) is 10.5. The van der Waals surface area contributed by atoms with Gasteiger partial charge in [0.2, 0.25) is 5.91 Å². The first kappa shape index (κ1) is 18.7. The van der Waals surface area contributed by atoms with Gasteiger partial charge < -0.3 is 5.73 Å². The largest absolute Gasteiger partial charge is 0.370 e. The van der Waals surface area contributed by atoms with Gasteiger partial charge in [0.25, 0.3) is 0 Å². The summed E-state index contributed by atoms with van der Waals surface area (Å²) in [5.41, 5.74) is 5.08. The summed E-state index contributed by atoms with van der Waals surface area (Å²) in [7, 11) is 0. The van der Waals surface area contributed by atoms with Gasteiger partial charge in [-0.3, -0.25) is 4.79 Å². The summed E-state index contributed by atoms with van der Waals surface area (Å²) in [5, 5.41) is 0. The van der Waals surface area contributed by atoms with Crippen molar-refractivity contribution >= 4 is 5.91 Å². The van der Waals surface area contributed by atoms with E-state index in [1.165, 1.54) is 38.5 Å². The molecule has 0 aromatic heterocycles. The molecule has 2 nitrogen and oxygen atoms in total. The third-order valence-corrected chi connectivity index (χ3v) is 3.12. The van der Waals surface area contributed by atoms with Crippen molar-refractivity contribution in [1.82, 2.24) is 0 Å². The molecule has 0 heterocycles. The monoisotopic (exact) mass is 277 g/mol. The zero-order chi connectivity index (χ0) is 14.9. The van der Waals surface area contributed by atoms with Crippen molar-refractivity contribution < 1.29 is 4.79 Å². The Hall–Kier alpha value is -1.31. The number of primary amides is 1. The van der Waals surface area contributed by atoms with E-state index in [0.717, 1.165) is 19.3 Å². The number of carbonyl (C=O) groups excluding carboxylic acids is 1. The van der Waals surface area contributed by atoms with E-state index in [-0.39, 0.29) is 5.91 Å². The molecule has 0 saturated heterocycles. The van der Waals surface area contributed by atoms with Gasteiger partial charge in [0.05, 0.1) is 0 Å². The topological polar surface area (TPSA) is 43.1 Å². The quantitative estimate of drug-likeness (QED) is 0.371. The van der Waals surface area contributed by atoms with Gasteiger partial charge in [-0.15, -0.1) is 0 Å². The number of hydrogen-bond acceptors (Lipinski definition) is 1. The Morgan fingerprint density at radius 2 is 1.35 bits per heavy atom. The zero-order valence-corrected chi connectivity index (χ0v) is 13.0.